The van der Waals surface area contributed by atoms with Gasteiger partial charge in [-0.1, -0.05) is 24.6 Å². The zero-order chi connectivity index (χ0) is 15.2. The lowest BCUT2D eigenvalue weighted by Crippen LogP contribution is -2.13. The summed E-state index contributed by atoms with van der Waals surface area (Å²) in [6.07, 6.45) is 1.10. The van der Waals surface area contributed by atoms with E-state index in [2.05, 4.69) is 22.2 Å². The molecule has 7 heteroatoms. The lowest BCUT2D eigenvalue weighted by molar-refractivity contribution is 0.675. The average Bonchev–Trinajstić information content (AvgIpc) is 2.40. The van der Waals surface area contributed by atoms with Crippen molar-refractivity contribution in [2.24, 2.45) is 0 Å². The minimum atomic E-state index is 0.358. The maximum absolute atomic E-state index is 6.29. The topological polar surface area (TPSA) is 89.8 Å². The number of hydrogen-bond acceptors (Lipinski definition) is 6. The van der Waals surface area contributed by atoms with Gasteiger partial charge in [0.1, 0.15) is 11.6 Å². The third-order valence-electron chi connectivity index (χ3n) is 2.72. The minimum Gasteiger partial charge on any atom is -0.383 e. The van der Waals surface area contributed by atoms with E-state index in [0.29, 0.717) is 16.8 Å². The third-order valence-corrected chi connectivity index (χ3v) is 3.93. The van der Waals surface area contributed by atoms with Gasteiger partial charge in [-0.25, -0.2) is 9.97 Å². The van der Waals surface area contributed by atoms with Crippen LogP contribution in [0.4, 0.5) is 11.6 Å². The highest BCUT2D eigenvalue weighted by Gasteiger charge is 2.06. The molecule has 0 unspecified atom stereocenters. The molecule has 21 heavy (non-hydrogen) atoms. The first-order chi connectivity index (χ1) is 10.1. The molecule has 0 amide bonds. The van der Waals surface area contributed by atoms with Crippen LogP contribution in [0.2, 0.25) is 5.02 Å². The Balaban J connectivity index is 2.09. The molecule has 0 fully saturated rings. The van der Waals surface area contributed by atoms with Crippen molar-refractivity contribution in [3.63, 3.8) is 0 Å². The fraction of sp³-hybridized carbons (Fsp3) is 0.286. The molecule has 5 nitrogen and oxygen atoms in total. The number of aromatic nitrogens is 2. The molecule has 112 valence electrons. The Morgan fingerprint density at radius 1 is 1.19 bits per heavy atom. The number of rotatable bonds is 6. The number of nitrogens with zero attached hydrogens (tertiary/aromatic N) is 2. The Morgan fingerprint density at radius 3 is 2.52 bits per heavy atom. The van der Waals surface area contributed by atoms with Crippen molar-refractivity contribution in [2.45, 2.75) is 29.9 Å². The number of hydrogen-bond donors (Lipinski definition) is 3. The smallest absolute Gasteiger partial charge is 0.196 e. The van der Waals surface area contributed by atoms with Crippen LogP contribution in [0.25, 0.3) is 0 Å². The Labute approximate surface area is 133 Å². The van der Waals surface area contributed by atoms with Crippen molar-refractivity contribution in [2.75, 3.05) is 18.0 Å². The summed E-state index contributed by atoms with van der Waals surface area (Å²) in [6.45, 7) is 3.87. The highest BCUT2D eigenvalue weighted by atomic mass is 35.5. The maximum Gasteiger partial charge on any atom is 0.196 e. The van der Waals surface area contributed by atoms with Gasteiger partial charge in [0, 0.05) is 22.5 Å². The summed E-state index contributed by atoms with van der Waals surface area (Å²) >= 11 is 7.67. The molecule has 1 heterocycles. The largest absolute Gasteiger partial charge is 0.383 e. The summed E-state index contributed by atoms with van der Waals surface area (Å²) in [7, 11) is 0. The summed E-state index contributed by atoms with van der Waals surface area (Å²) in [5, 5.41) is 4.56. The molecule has 2 aromatic rings. The first kappa shape index (κ1) is 15.9. The summed E-state index contributed by atoms with van der Waals surface area (Å²) in [5.74, 6) is 0.716. The quantitative estimate of drug-likeness (QED) is 0.559. The maximum atomic E-state index is 6.29. The van der Waals surface area contributed by atoms with E-state index < -0.39 is 0 Å². The standard InChI is InChI=1S/C14H18ClN5S/c1-2-5-18-8-9-3-4-10(6-11(9)15)21-14-19-12(16)7-13(17)20-14/h3-4,6-7,18H,2,5,8H2,1H3,(H4,16,17,19,20). The summed E-state index contributed by atoms with van der Waals surface area (Å²) in [6, 6.07) is 7.42. The highest BCUT2D eigenvalue weighted by molar-refractivity contribution is 7.99. The van der Waals surface area contributed by atoms with Crippen LogP contribution in [-0.2, 0) is 6.54 Å². The predicted octanol–water partition coefficient (Wildman–Crippen LogP) is 2.95. The number of anilines is 2. The zero-order valence-electron chi connectivity index (χ0n) is 11.8. The van der Waals surface area contributed by atoms with Gasteiger partial charge in [0.2, 0.25) is 0 Å². The van der Waals surface area contributed by atoms with Gasteiger partial charge in [0.15, 0.2) is 5.16 Å². The second-order valence-electron chi connectivity index (χ2n) is 4.53. The SMILES string of the molecule is CCCNCc1ccc(Sc2nc(N)cc(N)n2)cc1Cl. The van der Waals surface area contributed by atoms with E-state index in [4.69, 9.17) is 23.1 Å². The van der Waals surface area contributed by atoms with E-state index in [1.807, 2.05) is 18.2 Å². The lowest BCUT2D eigenvalue weighted by atomic mass is 10.2. The fourth-order valence-electron chi connectivity index (χ4n) is 1.75. The Bertz CT molecular complexity index is 600. The molecule has 0 aliphatic heterocycles. The molecule has 1 aromatic heterocycles. The van der Waals surface area contributed by atoms with Crippen LogP contribution >= 0.6 is 23.4 Å². The Morgan fingerprint density at radius 2 is 1.90 bits per heavy atom. The second-order valence-corrected chi connectivity index (χ2v) is 5.98. The van der Waals surface area contributed by atoms with Crippen LogP contribution in [-0.4, -0.2) is 16.5 Å². The van der Waals surface area contributed by atoms with Crippen LogP contribution in [0.5, 0.6) is 0 Å². The minimum absolute atomic E-state index is 0.358. The molecule has 2 rings (SSSR count). The van der Waals surface area contributed by atoms with Crippen LogP contribution in [0.15, 0.2) is 34.3 Å². The van der Waals surface area contributed by atoms with Crippen molar-refractivity contribution in [1.82, 2.24) is 15.3 Å². The summed E-state index contributed by atoms with van der Waals surface area (Å²) in [4.78, 5) is 9.22. The molecule has 0 aliphatic rings. The molecule has 0 aliphatic carbocycles. The molecule has 0 atom stereocenters. The molecular formula is C14H18ClN5S. The van der Waals surface area contributed by atoms with Crippen molar-refractivity contribution >= 4 is 35.0 Å². The predicted molar refractivity (Wildman–Crippen MR) is 88.4 cm³/mol. The van der Waals surface area contributed by atoms with E-state index in [0.717, 1.165) is 35.0 Å². The number of halogens is 1. The molecule has 1 aromatic carbocycles. The van der Waals surface area contributed by atoms with Gasteiger partial charge in [-0.3, -0.25) is 0 Å². The van der Waals surface area contributed by atoms with Gasteiger partial charge in [0.25, 0.3) is 0 Å². The van der Waals surface area contributed by atoms with Gasteiger partial charge in [-0.2, -0.15) is 0 Å². The average molecular weight is 324 g/mol. The van der Waals surface area contributed by atoms with Crippen LogP contribution in [0.3, 0.4) is 0 Å². The fourth-order valence-corrected chi connectivity index (χ4v) is 2.89. The zero-order valence-corrected chi connectivity index (χ0v) is 13.3. The molecule has 0 saturated heterocycles. The van der Waals surface area contributed by atoms with Gasteiger partial charge < -0.3 is 16.8 Å². The van der Waals surface area contributed by atoms with E-state index in [1.165, 1.54) is 17.8 Å². The van der Waals surface area contributed by atoms with Crippen molar-refractivity contribution in [1.29, 1.82) is 0 Å². The van der Waals surface area contributed by atoms with E-state index in [1.54, 1.807) is 0 Å². The first-order valence-corrected chi connectivity index (χ1v) is 7.85. The molecular weight excluding hydrogens is 306 g/mol. The van der Waals surface area contributed by atoms with Crippen LogP contribution in [0.1, 0.15) is 18.9 Å². The molecule has 0 saturated carbocycles. The number of benzene rings is 1. The summed E-state index contributed by atoms with van der Waals surface area (Å²) in [5.41, 5.74) is 12.4. The monoisotopic (exact) mass is 323 g/mol. The number of nitrogen functional groups attached to an aromatic ring is 2. The van der Waals surface area contributed by atoms with E-state index >= 15 is 0 Å². The third kappa shape index (κ3) is 4.77. The van der Waals surface area contributed by atoms with Crippen molar-refractivity contribution in [3.8, 4) is 0 Å². The van der Waals surface area contributed by atoms with Gasteiger partial charge in [-0.05, 0) is 42.4 Å². The molecule has 0 spiro atoms. The van der Waals surface area contributed by atoms with Gasteiger partial charge >= 0.3 is 0 Å². The van der Waals surface area contributed by atoms with Gasteiger partial charge in [-0.15, -0.1) is 0 Å². The highest BCUT2D eigenvalue weighted by Crippen LogP contribution is 2.29. The Kier molecular flexibility index (Phi) is 5.67. The Hall–Kier alpha value is -1.50. The van der Waals surface area contributed by atoms with E-state index in [9.17, 15) is 0 Å². The molecule has 5 N–H and O–H groups in total. The van der Waals surface area contributed by atoms with Crippen LogP contribution < -0.4 is 16.8 Å². The molecule has 0 radical (unpaired) electrons. The second kappa shape index (κ2) is 7.49. The molecule has 0 bridgehead atoms. The number of nitrogens with one attached hydrogen (secondary N) is 1. The lowest BCUT2D eigenvalue weighted by Gasteiger charge is -2.08. The van der Waals surface area contributed by atoms with Crippen molar-refractivity contribution in [3.05, 3.63) is 34.9 Å². The van der Waals surface area contributed by atoms with Gasteiger partial charge in [0.05, 0.1) is 0 Å². The van der Waals surface area contributed by atoms with Crippen molar-refractivity contribution < 1.29 is 0 Å². The first-order valence-electron chi connectivity index (χ1n) is 6.65. The number of nitrogens with two attached hydrogens (primary N) is 2. The van der Waals surface area contributed by atoms with E-state index in [-0.39, 0.29) is 0 Å². The normalized spacial score (nSPS) is 10.8. The van der Waals surface area contributed by atoms with Crippen LogP contribution in [0, 0.1) is 0 Å². The summed E-state index contributed by atoms with van der Waals surface area (Å²) < 4.78 is 0.